The van der Waals surface area contributed by atoms with E-state index in [1.807, 2.05) is 12.1 Å². The van der Waals surface area contributed by atoms with Crippen LogP contribution in [0, 0.1) is 0 Å². The highest BCUT2D eigenvalue weighted by Crippen LogP contribution is 2.44. The number of fused-ring (bicyclic) bond motifs is 13. The van der Waals surface area contributed by atoms with E-state index in [1.165, 1.54) is 41.7 Å². The molecule has 14 aromatic rings. The Hall–Kier alpha value is -8.13. The highest BCUT2D eigenvalue weighted by atomic mass is 32.1. The zero-order chi connectivity index (χ0) is 40.5. The molecule has 7 heteroatoms. The van der Waals surface area contributed by atoms with Crippen LogP contribution in [0.3, 0.4) is 0 Å². The van der Waals surface area contributed by atoms with E-state index < -0.39 is 0 Å². The third-order valence-corrected chi connectivity index (χ3v) is 13.7. The summed E-state index contributed by atoms with van der Waals surface area (Å²) in [4.78, 5) is 16.4. The zero-order valence-electron chi connectivity index (χ0n) is 33.0. The van der Waals surface area contributed by atoms with Gasteiger partial charge < -0.3 is 8.98 Å². The van der Waals surface area contributed by atoms with Gasteiger partial charge in [0.05, 0.1) is 33.1 Å². The third-order valence-electron chi connectivity index (χ3n) is 12.6. The predicted molar refractivity (Wildman–Crippen MR) is 257 cm³/mol. The summed E-state index contributed by atoms with van der Waals surface area (Å²) in [5, 5.41) is 11.5. The Morgan fingerprint density at radius 2 is 0.984 bits per heavy atom. The van der Waals surface area contributed by atoms with Crippen molar-refractivity contribution >= 4 is 108 Å². The molecule has 0 spiro atoms. The maximum absolute atomic E-state index is 6.64. The monoisotopic (exact) mass is 809 g/mol. The first-order valence-corrected chi connectivity index (χ1v) is 21.6. The topological polar surface area (TPSA) is 61.7 Å². The molecule has 0 aliphatic heterocycles. The molecule has 288 valence electrons. The Bertz CT molecular complexity index is 4130. The summed E-state index contributed by atoms with van der Waals surface area (Å²) in [6.45, 7) is 0. The first-order valence-electron chi connectivity index (χ1n) is 20.8. The van der Waals surface area contributed by atoms with E-state index in [4.69, 9.17) is 19.4 Å². The molecule has 0 fully saturated rings. The van der Waals surface area contributed by atoms with Gasteiger partial charge in [-0.1, -0.05) is 127 Å². The fourth-order valence-corrected chi connectivity index (χ4v) is 11.0. The van der Waals surface area contributed by atoms with Crippen molar-refractivity contribution in [2.75, 3.05) is 0 Å². The molecule has 0 bridgehead atoms. The van der Waals surface area contributed by atoms with Crippen LogP contribution in [0.1, 0.15) is 0 Å². The summed E-state index contributed by atoms with van der Waals surface area (Å²) in [6, 6.07) is 66.6. The summed E-state index contributed by atoms with van der Waals surface area (Å²) in [6.07, 6.45) is 0. The number of hydrogen-bond acceptors (Lipinski definition) is 5. The van der Waals surface area contributed by atoms with Gasteiger partial charge in [-0.15, -0.1) is 11.3 Å². The second-order valence-electron chi connectivity index (χ2n) is 16.0. The highest BCUT2D eigenvalue weighted by Gasteiger charge is 2.25. The minimum absolute atomic E-state index is 0.551. The van der Waals surface area contributed by atoms with Gasteiger partial charge in [-0.25, -0.2) is 4.98 Å². The minimum Gasteiger partial charge on any atom is -0.456 e. The molecule has 6 nitrogen and oxygen atoms in total. The summed E-state index contributed by atoms with van der Waals surface area (Å²) in [5.74, 6) is 1.72. The number of rotatable bonds is 4. The Balaban J connectivity index is 1.13. The number of thiophene rings is 1. The van der Waals surface area contributed by atoms with Crippen LogP contribution >= 0.6 is 11.3 Å². The van der Waals surface area contributed by atoms with Gasteiger partial charge in [0, 0.05) is 58.2 Å². The smallest absolute Gasteiger partial charge is 0.238 e. The van der Waals surface area contributed by atoms with Crippen molar-refractivity contribution in [1.29, 1.82) is 0 Å². The molecule has 0 saturated carbocycles. The predicted octanol–water partition coefficient (Wildman–Crippen LogP) is 14.8. The number of nitrogens with zero attached hydrogens (tertiary/aromatic N) is 5. The van der Waals surface area contributed by atoms with E-state index in [-0.39, 0.29) is 0 Å². The van der Waals surface area contributed by atoms with Crippen molar-refractivity contribution in [2.24, 2.45) is 0 Å². The van der Waals surface area contributed by atoms with Crippen LogP contribution in [-0.4, -0.2) is 24.1 Å². The number of hydrogen-bond donors (Lipinski definition) is 0. The van der Waals surface area contributed by atoms with Crippen molar-refractivity contribution < 1.29 is 4.42 Å². The van der Waals surface area contributed by atoms with Crippen LogP contribution in [0.4, 0.5) is 0 Å². The van der Waals surface area contributed by atoms with E-state index >= 15 is 0 Å². The van der Waals surface area contributed by atoms with E-state index in [0.717, 1.165) is 71.6 Å². The fraction of sp³-hybridized carbons (Fsp3) is 0. The second-order valence-corrected chi connectivity index (χ2v) is 17.0. The first kappa shape index (κ1) is 33.7. The van der Waals surface area contributed by atoms with E-state index in [2.05, 4.69) is 185 Å². The quantitative estimate of drug-likeness (QED) is 0.178. The van der Waals surface area contributed by atoms with Gasteiger partial charge >= 0.3 is 0 Å². The van der Waals surface area contributed by atoms with Gasteiger partial charge in [0.15, 0.2) is 11.6 Å². The van der Waals surface area contributed by atoms with Crippen LogP contribution < -0.4 is 0 Å². The molecule has 0 unspecified atom stereocenters. The summed E-state index contributed by atoms with van der Waals surface area (Å²) in [5.41, 5.74) is 8.61. The van der Waals surface area contributed by atoms with Crippen molar-refractivity contribution in [3.05, 3.63) is 188 Å². The minimum atomic E-state index is 0.551. The summed E-state index contributed by atoms with van der Waals surface area (Å²) >= 11 is 1.79. The largest absolute Gasteiger partial charge is 0.456 e. The van der Waals surface area contributed by atoms with Crippen LogP contribution in [0.5, 0.6) is 0 Å². The van der Waals surface area contributed by atoms with Gasteiger partial charge in [0.1, 0.15) is 11.2 Å². The highest BCUT2D eigenvalue weighted by molar-refractivity contribution is 7.25. The standard InChI is InChI=1S/C55H31N5OS/c1-2-14-33-30-46-42(29-32(33)13-1)37-17-5-8-20-43(37)59(46)52-41(27-28-48-51(52)40-19-6-11-23-47(40)61-48)54-56-53(34-25-26-39-38-18-7-12-24-49(38)62-50(39)31-34)57-55(58-54)60-44-21-9-3-15-35(44)36-16-4-10-22-45(36)60/h1-31H. The zero-order valence-corrected chi connectivity index (χ0v) is 33.8. The Morgan fingerprint density at radius 1 is 0.387 bits per heavy atom. The molecule has 5 heterocycles. The maximum Gasteiger partial charge on any atom is 0.238 e. The van der Waals surface area contributed by atoms with Crippen LogP contribution in [0.2, 0.25) is 0 Å². The van der Waals surface area contributed by atoms with Gasteiger partial charge in [0.25, 0.3) is 0 Å². The van der Waals surface area contributed by atoms with Crippen molar-refractivity contribution in [2.45, 2.75) is 0 Å². The molecule has 0 amide bonds. The molecule has 9 aromatic carbocycles. The average molecular weight is 810 g/mol. The first-order chi connectivity index (χ1) is 30.7. The van der Waals surface area contributed by atoms with Crippen molar-refractivity contribution in [1.82, 2.24) is 24.1 Å². The van der Waals surface area contributed by atoms with E-state index in [9.17, 15) is 0 Å². The Morgan fingerprint density at radius 3 is 1.76 bits per heavy atom. The normalized spacial score (nSPS) is 12.2. The molecule has 0 N–H and O–H groups in total. The Kier molecular flexibility index (Phi) is 6.89. The number of aromatic nitrogens is 5. The van der Waals surface area contributed by atoms with Gasteiger partial charge in [0.2, 0.25) is 5.95 Å². The van der Waals surface area contributed by atoms with Gasteiger partial charge in [-0.3, -0.25) is 4.57 Å². The maximum atomic E-state index is 6.64. The molecule has 0 aliphatic carbocycles. The molecule has 0 saturated heterocycles. The lowest BCUT2D eigenvalue weighted by atomic mass is 10.0. The van der Waals surface area contributed by atoms with E-state index in [1.54, 1.807) is 11.3 Å². The number of para-hydroxylation sites is 4. The molecule has 0 radical (unpaired) electrons. The van der Waals surface area contributed by atoms with Crippen LogP contribution in [0.15, 0.2) is 192 Å². The number of benzene rings is 9. The lowest BCUT2D eigenvalue weighted by Gasteiger charge is -2.16. The summed E-state index contributed by atoms with van der Waals surface area (Å²) in [7, 11) is 0. The molecule has 0 aliphatic rings. The number of furan rings is 1. The van der Waals surface area contributed by atoms with Gasteiger partial charge in [-0.05, 0) is 71.4 Å². The molecule has 5 aromatic heterocycles. The average Bonchev–Trinajstić information content (AvgIpc) is 4.08. The van der Waals surface area contributed by atoms with E-state index in [0.29, 0.717) is 17.6 Å². The second kappa shape index (κ2) is 12.7. The molecule has 62 heavy (non-hydrogen) atoms. The molecule has 0 atom stereocenters. The van der Waals surface area contributed by atoms with Crippen molar-refractivity contribution in [3.8, 4) is 34.4 Å². The lowest BCUT2D eigenvalue weighted by Crippen LogP contribution is -2.08. The van der Waals surface area contributed by atoms with Crippen LogP contribution in [-0.2, 0) is 0 Å². The fourth-order valence-electron chi connectivity index (χ4n) is 9.82. The van der Waals surface area contributed by atoms with Crippen LogP contribution in [0.25, 0.3) is 131 Å². The lowest BCUT2D eigenvalue weighted by molar-refractivity contribution is 0.669. The van der Waals surface area contributed by atoms with Gasteiger partial charge in [-0.2, -0.15) is 9.97 Å². The SMILES string of the molecule is c1ccc2cc3c(cc2c1)c1ccccc1n3-c1c(-c2nc(-c3ccc4c(c3)sc3ccccc34)nc(-n3c4ccccc4c4ccccc43)n2)ccc2oc3ccccc3c12. The molecule has 14 rings (SSSR count). The Labute approximate surface area is 357 Å². The molecular formula is C55H31N5OS. The van der Waals surface area contributed by atoms with Crippen molar-refractivity contribution in [3.63, 3.8) is 0 Å². The summed E-state index contributed by atoms with van der Waals surface area (Å²) < 4.78 is 13.7. The third kappa shape index (κ3) is 4.76. The molecular weight excluding hydrogens is 779 g/mol.